The van der Waals surface area contributed by atoms with Crippen LogP contribution in [-0.2, 0) is 0 Å². The third-order valence-electron chi connectivity index (χ3n) is 7.36. The quantitative estimate of drug-likeness (QED) is 0.263. The molecule has 0 fully saturated rings. The van der Waals surface area contributed by atoms with Crippen LogP contribution in [0.15, 0.2) is 84.9 Å². The molecular formula is C30H21N3. The number of hydrogen-bond donors (Lipinski definition) is 0. The molecule has 0 spiro atoms. The highest BCUT2D eigenvalue weighted by Gasteiger charge is 2.21. The largest absolute Gasteiger partial charge is 0.277 e. The lowest BCUT2D eigenvalue weighted by Crippen LogP contribution is -1.88. The Hall–Kier alpha value is -4.11. The van der Waals surface area contributed by atoms with Gasteiger partial charge in [-0.2, -0.15) is 0 Å². The maximum Gasteiger partial charge on any atom is 0.220 e. The Morgan fingerprint density at radius 3 is 2.24 bits per heavy atom. The highest BCUT2D eigenvalue weighted by Crippen LogP contribution is 2.39. The second-order valence-electron chi connectivity index (χ2n) is 9.57. The van der Waals surface area contributed by atoms with Crippen molar-refractivity contribution >= 4 is 65.7 Å². The fourth-order valence-corrected chi connectivity index (χ4v) is 5.69. The average molecular weight is 424 g/mol. The molecule has 0 bridgehead atoms. The van der Waals surface area contributed by atoms with Crippen molar-refractivity contribution in [1.82, 2.24) is 13.8 Å². The molecule has 0 N–H and O–H groups in total. The van der Waals surface area contributed by atoms with Crippen LogP contribution in [0.3, 0.4) is 0 Å². The van der Waals surface area contributed by atoms with Gasteiger partial charge < -0.3 is 0 Å². The fourth-order valence-electron chi connectivity index (χ4n) is 5.69. The van der Waals surface area contributed by atoms with Crippen molar-refractivity contribution in [2.24, 2.45) is 0 Å². The SMILES string of the molecule is CC(C)c1ccc2cc3c(cc2c1)c1cccc2c1n3c1nc3cc4ccccc4cc3n21. The van der Waals surface area contributed by atoms with Gasteiger partial charge in [-0.1, -0.05) is 68.4 Å². The molecule has 0 saturated carbocycles. The van der Waals surface area contributed by atoms with Gasteiger partial charge in [-0.15, -0.1) is 0 Å². The number of rotatable bonds is 1. The number of fused-ring (bicyclic) bond motifs is 10. The van der Waals surface area contributed by atoms with Crippen LogP contribution in [0.25, 0.3) is 65.7 Å². The molecule has 5 aromatic carbocycles. The summed E-state index contributed by atoms with van der Waals surface area (Å²) >= 11 is 0. The average Bonchev–Trinajstić information content (AvgIpc) is 3.46. The number of imidazole rings is 2. The topological polar surface area (TPSA) is 21.7 Å². The zero-order valence-corrected chi connectivity index (χ0v) is 18.5. The normalized spacial score (nSPS) is 12.8. The van der Waals surface area contributed by atoms with Crippen molar-refractivity contribution in [3.63, 3.8) is 0 Å². The first-order valence-electron chi connectivity index (χ1n) is 11.6. The summed E-state index contributed by atoms with van der Waals surface area (Å²) in [5, 5.41) is 7.63. The molecule has 3 heteroatoms. The lowest BCUT2D eigenvalue weighted by atomic mass is 9.98. The standard InChI is InChI=1S/C30H21N3/c1-17(2)18-10-11-21-15-27-24(13-22(21)12-18)23-8-5-9-26-29(23)33(27)30-31-25-14-19-6-3-4-7-20(19)16-28(25)32(26)30/h3-17H,1-2H3. The van der Waals surface area contributed by atoms with Gasteiger partial charge in [0.2, 0.25) is 5.78 Å². The molecule has 3 nitrogen and oxygen atoms in total. The van der Waals surface area contributed by atoms with Crippen LogP contribution < -0.4 is 0 Å². The molecule has 0 radical (unpaired) electrons. The Kier molecular flexibility index (Phi) is 3.07. The highest BCUT2D eigenvalue weighted by molar-refractivity contribution is 6.18. The van der Waals surface area contributed by atoms with Crippen molar-refractivity contribution in [2.45, 2.75) is 19.8 Å². The Bertz CT molecular complexity index is 2050. The third kappa shape index (κ3) is 2.12. The van der Waals surface area contributed by atoms with E-state index in [2.05, 4.69) is 108 Å². The Labute approximate surface area is 189 Å². The Morgan fingerprint density at radius 2 is 1.39 bits per heavy atom. The molecule has 0 aliphatic heterocycles. The summed E-state index contributed by atoms with van der Waals surface area (Å²) in [4.78, 5) is 5.15. The van der Waals surface area contributed by atoms with Gasteiger partial charge in [0.1, 0.15) is 0 Å². The van der Waals surface area contributed by atoms with E-state index < -0.39 is 0 Å². The van der Waals surface area contributed by atoms with Gasteiger partial charge in [-0.3, -0.25) is 8.80 Å². The van der Waals surface area contributed by atoms with Crippen LogP contribution in [0, 0.1) is 0 Å². The predicted molar refractivity (Wildman–Crippen MR) is 139 cm³/mol. The molecule has 0 atom stereocenters. The molecule has 3 heterocycles. The van der Waals surface area contributed by atoms with Crippen LogP contribution in [0.5, 0.6) is 0 Å². The molecule has 0 saturated heterocycles. The van der Waals surface area contributed by atoms with Crippen LogP contribution in [-0.4, -0.2) is 13.8 Å². The van der Waals surface area contributed by atoms with E-state index >= 15 is 0 Å². The molecule has 8 rings (SSSR count). The number of hydrogen-bond acceptors (Lipinski definition) is 1. The van der Waals surface area contributed by atoms with Gasteiger partial charge in [0.15, 0.2) is 0 Å². The van der Waals surface area contributed by atoms with Gasteiger partial charge in [-0.25, -0.2) is 4.98 Å². The van der Waals surface area contributed by atoms with Gasteiger partial charge in [0, 0.05) is 10.8 Å². The minimum Gasteiger partial charge on any atom is -0.277 e. The van der Waals surface area contributed by atoms with Crippen molar-refractivity contribution in [3.05, 3.63) is 90.5 Å². The van der Waals surface area contributed by atoms with E-state index in [0.29, 0.717) is 5.92 Å². The van der Waals surface area contributed by atoms with Gasteiger partial charge >= 0.3 is 0 Å². The van der Waals surface area contributed by atoms with E-state index in [1.807, 2.05) is 0 Å². The minimum absolute atomic E-state index is 0.521. The molecule has 0 aliphatic carbocycles. The summed E-state index contributed by atoms with van der Waals surface area (Å²) in [6.45, 7) is 4.51. The summed E-state index contributed by atoms with van der Waals surface area (Å²) < 4.78 is 4.69. The molecule has 8 aromatic rings. The monoisotopic (exact) mass is 423 g/mol. The molecule has 0 aliphatic rings. The zero-order valence-electron chi connectivity index (χ0n) is 18.5. The van der Waals surface area contributed by atoms with Crippen molar-refractivity contribution in [2.75, 3.05) is 0 Å². The van der Waals surface area contributed by atoms with Crippen molar-refractivity contribution < 1.29 is 0 Å². The summed E-state index contributed by atoms with van der Waals surface area (Å²) in [6, 6.07) is 31.2. The van der Waals surface area contributed by atoms with E-state index in [-0.39, 0.29) is 0 Å². The van der Waals surface area contributed by atoms with Crippen LogP contribution >= 0.6 is 0 Å². The summed E-state index contributed by atoms with van der Waals surface area (Å²) in [6.07, 6.45) is 0. The smallest absolute Gasteiger partial charge is 0.220 e. The van der Waals surface area contributed by atoms with Gasteiger partial charge in [-0.05, 0) is 63.4 Å². The van der Waals surface area contributed by atoms with Crippen molar-refractivity contribution in [1.29, 1.82) is 0 Å². The third-order valence-corrected chi connectivity index (χ3v) is 7.36. The van der Waals surface area contributed by atoms with Gasteiger partial charge in [0.05, 0.1) is 27.6 Å². The van der Waals surface area contributed by atoms with Crippen LogP contribution in [0.1, 0.15) is 25.3 Å². The predicted octanol–water partition coefficient (Wildman–Crippen LogP) is 7.91. The number of nitrogens with zero attached hydrogens (tertiary/aromatic N) is 3. The first-order valence-corrected chi connectivity index (χ1v) is 11.6. The molecule has 33 heavy (non-hydrogen) atoms. The molecule has 3 aromatic heterocycles. The number of aromatic nitrogens is 3. The number of para-hydroxylation sites is 1. The summed E-state index contributed by atoms with van der Waals surface area (Å²) in [7, 11) is 0. The lowest BCUT2D eigenvalue weighted by Gasteiger charge is -2.07. The lowest BCUT2D eigenvalue weighted by molar-refractivity contribution is 0.869. The number of benzene rings is 5. The Morgan fingerprint density at radius 1 is 0.606 bits per heavy atom. The van der Waals surface area contributed by atoms with E-state index in [1.54, 1.807) is 0 Å². The zero-order chi connectivity index (χ0) is 21.8. The van der Waals surface area contributed by atoms with Crippen molar-refractivity contribution in [3.8, 4) is 0 Å². The van der Waals surface area contributed by atoms with Crippen LogP contribution in [0.4, 0.5) is 0 Å². The highest BCUT2D eigenvalue weighted by atomic mass is 15.2. The van der Waals surface area contributed by atoms with E-state index in [1.165, 1.54) is 54.4 Å². The van der Waals surface area contributed by atoms with Gasteiger partial charge in [0.25, 0.3) is 0 Å². The maximum absolute atomic E-state index is 5.15. The maximum atomic E-state index is 5.15. The Balaban J connectivity index is 1.58. The minimum atomic E-state index is 0.521. The van der Waals surface area contributed by atoms with Crippen LogP contribution in [0.2, 0.25) is 0 Å². The summed E-state index contributed by atoms with van der Waals surface area (Å²) in [5.74, 6) is 1.51. The summed E-state index contributed by atoms with van der Waals surface area (Å²) in [5.41, 5.74) is 7.27. The fraction of sp³-hybridized carbons (Fsp3) is 0.100. The second kappa shape index (κ2) is 5.81. The van der Waals surface area contributed by atoms with E-state index in [4.69, 9.17) is 4.98 Å². The molecular weight excluding hydrogens is 402 g/mol. The van der Waals surface area contributed by atoms with E-state index in [9.17, 15) is 0 Å². The second-order valence-corrected chi connectivity index (χ2v) is 9.57. The molecule has 0 unspecified atom stereocenters. The molecule has 156 valence electrons. The molecule has 0 amide bonds. The first-order chi connectivity index (χ1) is 16.2. The van der Waals surface area contributed by atoms with E-state index in [0.717, 1.165) is 16.8 Å². The first kappa shape index (κ1) is 17.4.